The summed E-state index contributed by atoms with van der Waals surface area (Å²) in [5.74, 6) is -0.132. The van der Waals surface area contributed by atoms with Crippen LogP contribution >= 0.6 is 34.2 Å². The molecule has 1 amide bonds. The molecule has 19 heavy (non-hydrogen) atoms. The quantitative estimate of drug-likeness (QED) is 0.819. The summed E-state index contributed by atoms with van der Waals surface area (Å²) in [6.07, 6.45) is 1.76. The molecule has 3 nitrogen and oxygen atoms in total. The molecule has 1 aromatic heterocycles. The van der Waals surface area contributed by atoms with E-state index < -0.39 is 0 Å². The summed E-state index contributed by atoms with van der Waals surface area (Å²) in [6.45, 7) is 2.38. The van der Waals surface area contributed by atoms with Crippen molar-refractivity contribution in [1.29, 1.82) is 0 Å². The van der Waals surface area contributed by atoms with Crippen molar-refractivity contribution in [2.24, 2.45) is 0 Å². The Hall–Kier alpha value is -1.14. The van der Waals surface area contributed by atoms with Gasteiger partial charge in [0.15, 0.2) is 0 Å². The molecule has 0 unspecified atom stereocenters. The summed E-state index contributed by atoms with van der Waals surface area (Å²) < 4.78 is 0.876. The zero-order valence-corrected chi connectivity index (χ0v) is 13.2. The van der Waals surface area contributed by atoms with Crippen molar-refractivity contribution in [3.8, 4) is 0 Å². The zero-order valence-electron chi connectivity index (χ0n) is 10.3. The van der Waals surface area contributed by atoms with Gasteiger partial charge in [0.2, 0.25) is 0 Å². The van der Waals surface area contributed by atoms with Crippen LogP contribution in [-0.4, -0.2) is 10.9 Å². The van der Waals surface area contributed by atoms with Crippen LogP contribution in [0.25, 0.3) is 0 Å². The normalized spacial score (nSPS) is 10.3. The number of nitrogens with one attached hydrogen (secondary N) is 1. The Labute approximate surface area is 130 Å². The Bertz CT molecular complexity index is 599. The molecule has 1 heterocycles. The van der Waals surface area contributed by atoms with Crippen molar-refractivity contribution in [2.75, 3.05) is 0 Å². The minimum Gasteiger partial charge on any atom is -0.348 e. The third kappa shape index (κ3) is 3.91. The lowest BCUT2D eigenvalue weighted by Gasteiger charge is -2.07. The molecule has 2 aromatic rings. The number of hydrogen-bond donors (Lipinski definition) is 1. The first-order valence-electron chi connectivity index (χ1n) is 5.71. The van der Waals surface area contributed by atoms with E-state index in [2.05, 4.69) is 32.9 Å². The molecule has 0 aliphatic carbocycles. The van der Waals surface area contributed by atoms with E-state index in [-0.39, 0.29) is 5.91 Å². The number of aryl methyl sites for hydroxylation is 1. The van der Waals surface area contributed by atoms with Crippen LogP contribution in [0, 0.1) is 10.5 Å². The van der Waals surface area contributed by atoms with E-state index in [4.69, 9.17) is 11.6 Å². The van der Waals surface area contributed by atoms with Gasteiger partial charge in [-0.25, -0.2) is 0 Å². The number of halogens is 2. The number of benzene rings is 1. The molecule has 0 atom stereocenters. The number of aromatic nitrogens is 1. The van der Waals surface area contributed by atoms with Gasteiger partial charge in [-0.2, -0.15) is 0 Å². The fourth-order valence-corrected chi connectivity index (χ4v) is 2.30. The smallest absolute Gasteiger partial charge is 0.252 e. The van der Waals surface area contributed by atoms with Crippen LogP contribution in [0.5, 0.6) is 0 Å². The maximum atomic E-state index is 12.1. The van der Waals surface area contributed by atoms with Gasteiger partial charge in [-0.05, 0) is 59.3 Å². The summed E-state index contributed by atoms with van der Waals surface area (Å²) in [5.41, 5.74) is 2.52. The molecule has 0 aliphatic heterocycles. The topological polar surface area (TPSA) is 42.0 Å². The van der Waals surface area contributed by atoms with Crippen LogP contribution in [0.4, 0.5) is 0 Å². The van der Waals surface area contributed by atoms with Gasteiger partial charge < -0.3 is 5.32 Å². The highest BCUT2D eigenvalue weighted by atomic mass is 127. The van der Waals surface area contributed by atoms with Crippen molar-refractivity contribution >= 4 is 40.1 Å². The van der Waals surface area contributed by atoms with Crippen LogP contribution in [0.3, 0.4) is 0 Å². The lowest BCUT2D eigenvalue weighted by molar-refractivity contribution is 0.0950. The molecule has 0 radical (unpaired) electrons. The largest absolute Gasteiger partial charge is 0.348 e. The van der Waals surface area contributed by atoms with E-state index in [9.17, 15) is 4.79 Å². The molecule has 1 N–H and O–H groups in total. The lowest BCUT2D eigenvalue weighted by atomic mass is 10.2. The van der Waals surface area contributed by atoms with Gasteiger partial charge in [-0.3, -0.25) is 9.78 Å². The fourth-order valence-electron chi connectivity index (χ4n) is 1.55. The highest BCUT2D eigenvalue weighted by Gasteiger charge is 2.10. The zero-order chi connectivity index (χ0) is 13.8. The Morgan fingerprint density at radius 2 is 2.16 bits per heavy atom. The molecule has 98 valence electrons. The molecule has 0 saturated carbocycles. The van der Waals surface area contributed by atoms with Gasteiger partial charge in [0, 0.05) is 27.0 Å². The highest BCUT2D eigenvalue weighted by Crippen LogP contribution is 2.17. The van der Waals surface area contributed by atoms with Crippen LogP contribution in [-0.2, 0) is 6.54 Å². The average molecular weight is 387 g/mol. The van der Waals surface area contributed by atoms with Crippen molar-refractivity contribution in [1.82, 2.24) is 10.3 Å². The maximum absolute atomic E-state index is 12.1. The number of amides is 1. The molecule has 0 fully saturated rings. The SMILES string of the molecule is Cc1ccc(CNC(=O)c2cc(Cl)ccc2I)cn1. The number of nitrogens with zero attached hydrogens (tertiary/aromatic N) is 1. The van der Waals surface area contributed by atoms with Crippen LogP contribution in [0.2, 0.25) is 5.02 Å². The van der Waals surface area contributed by atoms with E-state index in [0.29, 0.717) is 17.1 Å². The van der Waals surface area contributed by atoms with Gasteiger partial charge in [0.05, 0.1) is 5.56 Å². The second-order valence-corrected chi connectivity index (χ2v) is 5.71. The second-order valence-electron chi connectivity index (χ2n) is 4.11. The Kier molecular flexibility index (Phi) is 4.76. The van der Waals surface area contributed by atoms with Gasteiger partial charge in [-0.15, -0.1) is 0 Å². The average Bonchev–Trinajstić information content (AvgIpc) is 2.40. The first-order chi connectivity index (χ1) is 9.06. The van der Waals surface area contributed by atoms with E-state index in [0.717, 1.165) is 14.8 Å². The lowest BCUT2D eigenvalue weighted by Crippen LogP contribution is -2.23. The van der Waals surface area contributed by atoms with Crippen molar-refractivity contribution < 1.29 is 4.79 Å². The van der Waals surface area contributed by atoms with Crippen LogP contribution in [0.1, 0.15) is 21.6 Å². The molecule has 2 rings (SSSR count). The molecular weight excluding hydrogens is 375 g/mol. The second kappa shape index (κ2) is 6.34. The van der Waals surface area contributed by atoms with Gasteiger partial charge >= 0.3 is 0 Å². The molecule has 5 heteroatoms. The molecule has 1 aromatic carbocycles. The standard InChI is InChI=1S/C14H12ClIN2O/c1-9-2-3-10(7-17-9)8-18-14(19)12-6-11(15)4-5-13(12)16/h2-7H,8H2,1H3,(H,18,19). The van der Waals surface area contributed by atoms with E-state index in [1.165, 1.54) is 0 Å². The van der Waals surface area contributed by atoms with Gasteiger partial charge in [-0.1, -0.05) is 17.7 Å². The monoisotopic (exact) mass is 386 g/mol. The number of hydrogen-bond acceptors (Lipinski definition) is 2. The number of carbonyl (C=O) groups excluding carboxylic acids is 1. The Morgan fingerprint density at radius 1 is 1.37 bits per heavy atom. The number of carbonyl (C=O) groups is 1. The third-order valence-electron chi connectivity index (χ3n) is 2.60. The first-order valence-corrected chi connectivity index (χ1v) is 7.17. The Morgan fingerprint density at radius 3 is 2.84 bits per heavy atom. The summed E-state index contributed by atoms with van der Waals surface area (Å²) in [5, 5.41) is 3.42. The summed E-state index contributed by atoms with van der Waals surface area (Å²) in [7, 11) is 0. The van der Waals surface area contributed by atoms with Gasteiger partial charge in [0.1, 0.15) is 0 Å². The predicted molar refractivity (Wildman–Crippen MR) is 84.3 cm³/mol. The molecular formula is C14H12ClIN2O. The van der Waals surface area contributed by atoms with Crippen molar-refractivity contribution in [3.63, 3.8) is 0 Å². The van der Waals surface area contributed by atoms with Crippen LogP contribution in [0.15, 0.2) is 36.5 Å². The first kappa shape index (κ1) is 14.3. The van der Waals surface area contributed by atoms with E-state index in [1.807, 2.05) is 25.1 Å². The van der Waals surface area contributed by atoms with Gasteiger partial charge in [0.25, 0.3) is 5.91 Å². The van der Waals surface area contributed by atoms with E-state index >= 15 is 0 Å². The molecule has 0 spiro atoms. The maximum Gasteiger partial charge on any atom is 0.252 e. The van der Waals surface area contributed by atoms with Crippen molar-refractivity contribution in [2.45, 2.75) is 13.5 Å². The Balaban J connectivity index is 2.05. The predicted octanol–water partition coefficient (Wildman–Crippen LogP) is 3.58. The molecule has 0 saturated heterocycles. The van der Waals surface area contributed by atoms with Crippen LogP contribution < -0.4 is 5.32 Å². The minimum absolute atomic E-state index is 0.132. The number of pyridine rings is 1. The third-order valence-corrected chi connectivity index (χ3v) is 3.77. The minimum atomic E-state index is -0.132. The summed E-state index contributed by atoms with van der Waals surface area (Å²) in [6, 6.07) is 9.14. The summed E-state index contributed by atoms with van der Waals surface area (Å²) in [4.78, 5) is 16.3. The van der Waals surface area contributed by atoms with E-state index in [1.54, 1.807) is 18.3 Å². The molecule has 0 aliphatic rings. The van der Waals surface area contributed by atoms with Crippen molar-refractivity contribution in [3.05, 3.63) is 61.9 Å². The fraction of sp³-hybridized carbons (Fsp3) is 0.143. The summed E-state index contributed by atoms with van der Waals surface area (Å²) >= 11 is 8.02. The number of rotatable bonds is 3. The highest BCUT2D eigenvalue weighted by molar-refractivity contribution is 14.1. The molecule has 0 bridgehead atoms.